The Morgan fingerprint density at radius 3 is 2.91 bits per heavy atom. The number of hydrogen-bond donors (Lipinski definition) is 0. The fourth-order valence-corrected chi connectivity index (χ4v) is 3.24. The Morgan fingerprint density at radius 1 is 1.41 bits per heavy atom. The number of halogens is 1. The van der Waals surface area contributed by atoms with Crippen molar-refractivity contribution in [2.24, 2.45) is 0 Å². The van der Waals surface area contributed by atoms with Gasteiger partial charge in [-0.15, -0.1) is 0 Å². The molecule has 0 spiro atoms. The number of aromatic nitrogens is 1. The van der Waals surface area contributed by atoms with Crippen LogP contribution in [0.2, 0.25) is 0 Å². The van der Waals surface area contributed by atoms with Gasteiger partial charge in [-0.25, -0.2) is 4.79 Å². The molecular weight excluding hydrogens is 348 g/mol. The Labute approximate surface area is 137 Å². The van der Waals surface area contributed by atoms with Crippen molar-refractivity contribution in [2.45, 2.75) is 6.92 Å². The molecule has 0 amide bonds. The second-order valence-corrected chi connectivity index (χ2v) is 5.81. The largest absolute Gasteiger partial charge is 0.462 e. The molecule has 3 rings (SSSR count). The quantitative estimate of drug-likeness (QED) is 0.783. The van der Waals surface area contributed by atoms with E-state index < -0.39 is 0 Å². The Kier molecular flexibility index (Phi) is 4.59. The Balaban J connectivity index is 1.97. The van der Waals surface area contributed by atoms with E-state index in [0.717, 1.165) is 47.4 Å². The number of nitrogens with zero attached hydrogens (tertiary/aromatic N) is 2. The van der Waals surface area contributed by atoms with Crippen LogP contribution >= 0.6 is 15.9 Å². The molecule has 5 nitrogen and oxygen atoms in total. The van der Waals surface area contributed by atoms with Crippen LogP contribution in [0, 0.1) is 0 Å². The zero-order chi connectivity index (χ0) is 15.5. The van der Waals surface area contributed by atoms with Crippen molar-refractivity contribution in [3.05, 3.63) is 34.4 Å². The first-order valence-electron chi connectivity index (χ1n) is 7.28. The summed E-state index contributed by atoms with van der Waals surface area (Å²) in [6.07, 6.45) is 1.56. The molecule has 2 heterocycles. The molecule has 0 radical (unpaired) electrons. The number of carbonyl (C=O) groups excluding carboxylic acids is 1. The van der Waals surface area contributed by atoms with Gasteiger partial charge < -0.3 is 14.4 Å². The normalized spacial score (nSPS) is 15.1. The summed E-state index contributed by atoms with van der Waals surface area (Å²) in [5, 5.41) is 0.912. The first-order chi connectivity index (χ1) is 10.7. The predicted octanol–water partition coefficient (Wildman–Crippen LogP) is 3.01. The summed E-state index contributed by atoms with van der Waals surface area (Å²) in [4.78, 5) is 18.5. The van der Waals surface area contributed by atoms with Gasteiger partial charge in [0.15, 0.2) is 0 Å². The fourth-order valence-electron chi connectivity index (χ4n) is 2.53. The minimum atomic E-state index is -0.342. The van der Waals surface area contributed by atoms with E-state index in [4.69, 9.17) is 9.47 Å². The molecule has 0 unspecified atom stereocenters. The number of anilines is 1. The van der Waals surface area contributed by atoms with E-state index in [0.29, 0.717) is 12.2 Å². The monoisotopic (exact) mass is 364 g/mol. The lowest BCUT2D eigenvalue weighted by atomic mass is 10.1. The van der Waals surface area contributed by atoms with Crippen LogP contribution in [0.1, 0.15) is 17.3 Å². The van der Waals surface area contributed by atoms with Gasteiger partial charge in [-0.1, -0.05) is 6.07 Å². The van der Waals surface area contributed by atoms with Crippen LogP contribution in [0.3, 0.4) is 0 Å². The molecule has 1 aromatic carbocycles. The van der Waals surface area contributed by atoms with Crippen molar-refractivity contribution >= 4 is 38.5 Å². The van der Waals surface area contributed by atoms with Crippen LogP contribution in [0.15, 0.2) is 28.9 Å². The lowest BCUT2D eigenvalue weighted by Crippen LogP contribution is -2.36. The maximum absolute atomic E-state index is 11.8. The molecule has 22 heavy (non-hydrogen) atoms. The fraction of sp³-hybridized carbons (Fsp3) is 0.375. The SMILES string of the molecule is CCOC(=O)c1cnc2c(Br)c(N3CCOCC3)ccc2c1. The second kappa shape index (κ2) is 6.62. The molecular formula is C16H17BrN2O3. The van der Waals surface area contributed by atoms with Crippen molar-refractivity contribution in [1.29, 1.82) is 0 Å². The molecule has 0 bridgehead atoms. The van der Waals surface area contributed by atoms with E-state index in [1.165, 1.54) is 0 Å². The average molecular weight is 365 g/mol. The van der Waals surface area contributed by atoms with Gasteiger partial charge >= 0.3 is 5.97 Å². The highest BCUT2D eigenvalue weighted by molar-refractivity contribution is 9.10. The van der Waals surface area contributed by atoms with Crippen LogP contribution in [-0.4, -0.2) is 43.9 Å². The van der Waals surface area contributed by atoms with E-state index in [-0.39, 0.29) is 5.97 Å². The van der Waals surface area contributed by atoms with E-state index in [2.05, 4.69) is 25.8 Å². The molecule has 0 N–H and O–H groups in total. The van der Waals surface area contributed by atoms with Crippen LogP contribution < -0.4 is 4.90 Å². The van der Waals surface area contributed by atoms with Gasteiger partial charge in [0.2, 0.25) is 0 Å². The molecule has 0 aliphatic carbocycles. The highest BCUT2D eigenvalue weighted by Crippen LogP contribution is 2.33. The summed E-state index contributed by atoms with van der Waals surface area (Å²) >= 11 is 3.65. The van der Waals surface area contributed by atoms with Gasteiger partial charge in [-0.3, -0.25) is 4.98 Å². The molecule has 0 saturated carbocycles. The molecule has 1 aliphatic heterocycles. The van der Waals surface area contributed by atoms with Crippen molar-refractivity contribution < 1.29 is 14.3 Å². The van der Waals surface area contributed by atoms with Crippen molar-refractivity contribution in [1.82, 2.24) is 4.98 Å². The van der Waals surface area contributed by atoms with Crippen molar-refractivity contribution in [3.8, 4) is 0 Å². The maximum Gasteiger partial charge on any atom is 0.339 e. The molecule has 6 heteroatoms. The molecule has 116 valence electrons. The second-order valence-electron chi connectivity index (χ2n) is 5.01. The van der Waals surface area contributed by atoms with Crippen molar-refractivity contribution in [2.75, 3.05) is 37.8 Å². The lowest BCUT2D eigenvalue weighted by Gasteiger charge is -2.29. The third-order valence-corrected chi connectivity index (χ3v) is 4.42. The third-order valence-electron chi connectivity index (χ3n) is 3.63. The summed E-state index contributed by atoms with van der Waals surface area (Å²) in [5.74, 6) is -0.342. The van der Waals surface area contributed by atoms with Gasteiger partial charge in [-0.2, -0.15) is 0 Å². The van der Waals surface area contributed by atoms with Gasteiger partial charge in [-0.05, 0) is 35.0 Å². The van der Waals surface area contributed by atoms with Crippen molar-refractivity contribution in [3.63, 3.8) is 0 Å². The molecule has 1 aromatic heterocycles. The number of morpholine rings is 1. The Morgan fingerprint density at radius 2 is 2.18 bits per heavy atom. The smallest absolute Gasteiger partial charge is 0.339 e. The van der Waals surface area contributed by atoms with Crippen LogP contribution in [0.25, 0.3) is 10.9 Å². The minimum Gasteiger partial charge on any atom is -0.462 e. The van der Waals surface area contributed by atoms with Crippen LogP contribution in [-0.2, 0) is 9.47 Å². The standard InChI is InChI=1S/C16H17BrN2O3/c1-2-22-16(20)12-9-11-3-4-13(14(17)15(11)18-10-12)19-5-7-21-8-6-19/h3-4,9-10H,2,5-8H2,1H3. The van der Waals surface area contributed by atoms with Crippen LogP contribution in [0.4, 0.5) is 5.69 Å². The Bertz CT molecular complexity index is 699. The summed E-state index contributed by atoms with van der Waals surface area (Å²) in [6, 6.07) is 5.85. The number of carbonyl (C=O) groups is 1. The zero-order valence-electron chi connectivity index (χ0n) is 12.3. The third kappa shape index (κ3) is 2.94. The van der Waals surface area contributed by atoms with Gasteiger partial charge in [0, 0.05) is 24.7 Å². The van der Waals surface area contributed by atoms with Gasteiger partial charge in [0.05, 0.1) is 41.1 Å². The molecule has 1 aliphatic rings. The predicted molar refractivity (Wildman–Crippen MR) is 88.4 cm³/mol. The first kappa shape index (κ1) is 15.2. The lowest BCUT2D eigenvalue weighted by molar-refractivity contribution is 0.0526. The number of ether oxygens (including phenoxy) is 2. The number of pyridine rings is 1. The maximum atomic E-state index is 11.8. The van der Waals surface area contributed by atoms with Gasteiger partial charge in [0.25, 0.3) is 0 Å². The van der Waals surface area contributed by atoms with E-state index in [9.17, 15) is 4.79 Å². The van der Waals surface area contributed by atoms with Crippen LogP contribution in [0.5, 0.6) is 0 Å². The highest BCUT2D eigenvalue weighted by Gasteiger charge is 2.17. The number of hydrogen-bond acceptors (Lipinski definition) is 5. The van der Waals surface area contributed by atoms with E-state index in [1.54, 1.807) is 13.1 Å². The number of benzene rings is 1. The zero-order valence-corrected chi connectivity index (χ0v) is 13.9. The molecule has 0 atom stereocenters. The number of fused-ring (bicyclic) bond motifs is 1. The average Bonchev–Trinajstić information content (AvgIpc) is 2.56. The van der Waals surface area contributed by atoms with Gasteiger partial charge in [0.1, 0.15) is 0 Å². The Hall–Kier alpha value is -1.66. The first-order valence-corrected chi connectivity index (χ1v) is 8.08. The topological polar surface area (TPSA) is 51.7 Å². The molecule has 1 fully saturated rings. The molecule has 2 aromatic rings. The minimum absolute atomic E-state index is 0.342. The molecule has 1 saturated heterocycles. The number of esters is 1. The highest BCUT2D eigenvalue weighted by atomic mass is 79.9. The van der Waals surface area contributed by atoms with E-state index in [1.807, 2.05) is 18.2 Å². The summed E-state index contributed by atoms with van der Waals surface area (Å²) < 4.78 is 11.3. The summed E-state index contributed by atoms with van der Waals surface area (Å²) in [6.45, 7) is 5.35. The summed E-state index contributed by atoms with van der Waals surface area (Å²) in [7, 11) is 0. The summed E-state index contributed by atoms with van der Waals surface area (Å²) in [5.41, 5.74) is 2.42. The van der Waals surface area contributed by atoms with E-state index >= 15 is 0 Å². The number of rotatable bonds is 3.